The number of tetrazole rings is 1. The van der Waals surface area contributed by atoms with Gasteiger partial charge in [0.15, 0.2) is 5.78 Å². The van der Waals surface area contributed by atoms with Crippen molar-refractivity contribution in [2.45, 2.75) is 6.54 Å². The molecule has 1 aromatic carbocycles. The number of carbonyl (C=O) groups is 1. The van der Waals surface area contributed by atoms with Gasteiger partial charge in [0.25, 0.3) is 5.56 Å². The summed E-state index contributed by atoms with van der Waals surface area (Å²) in [6.07, 6.45) is 0. The first kappa shape index (κ1) is 16.2. The van der Waals surface area contributed by atoms with Crippen LogP contribution in [-0.2, 0) is 6.54 Å². The molecule has 0 spiro atoms. The third-order valence-corrected chi connectivity index (χ3v) is 4.32. The molecule has 1 aliphatic heterocycles. The van der Waals surface area contributed by atoms with Gasteiger partial charge in [-0.25, -0.2) is 0 Å². The summed E-state index contributed by atoms with van der Waals surface area (Å²) in [6, 6.07) is 15.6. The number of aromatic nitrogens is 5. The van der Waals surface area contributed by atoms with Crippen molar-refractivity contribution in [3.8, 4) is 22.6 Å². The van der Waals surface area contributed by atoms with Crippen molar-refractivity contribution in [3.05, 3.63) is 75.5 Å². The zero-order valence-electron chi connectivity index (χ0n) is 13.4. The molecule has 0 atom stereocenters. The van der Waals surface area contributed by atoms with Crippen LogP contribution in [0.1, 0.15) is 10.4 Å². The number of carbonyl (C=O) groups excluding carboxylic acids is 1. The third-order valence-electron chi connectivity index (χ3n) is 4.07. The monoisotopic (exact) mass is 365 g/mol. The Labute approximate surface area is 152 Å². The lowest BCUT2D eigenvalue weighted by molar-refractivity contribution is 0.0972. The van der Waals surface area contributed by atoms with E-state index in [-0.39, 0.29) is 23.7 Å². The van der Waals surface area contributed by atoms with Gasteiger partial charge in [0.1, 0.15) is 0 Å². The van der Waals surface area contributed by atoms with Crippen molar-refractivity contribution in [1.82, 2.24) is 25.2 Å². The van der Waals surface area contributed by atoms with Crippen molar-refractivity contribution >= 4 is 17.4 Å². The largest absolute Gasteiger partial charge is 0.300 e. The number of rotatable bonds is 4. The van der Waals surface area contributed by atoms with Gasteiger partial charge in [0.05, 0.1) is 17.8 Å². The van der Waals surface area contributed by atoms with E-state index in [0.717, 1.165) is 0 Å². The van der Waals surface area contributed by atoms with Crippen LogP contribution < -0.4 is 5.56 Å². The topological polar surface area (TPSA) is 93.5 Å². The quantitative estimate of drug-likeness (QED) is 0.561. The highest BCUT2D eigenvalue weighted by molar-refractivity contribution is 6.30. The number of hydrogen-bond acceptors (Lipinski definition) is 5. The summed E-state index contributed by atoms with van der Waals surface area (Å²) >= 11 is 5.87. The Balaban J connectivity index is 1.83. The van der Waals surface area contributed by atoms with E-state index in [1.807, 2.05) is 18.2 Å². The van der Waals surface area contributed by atoms with Gasteiger partial charge in [0, 0.05) is 16.1 Å². The van der Waals surface area contributed by atoms with E-state index in [4.69, 9.17) is 11.6 Å². The van der Waals surface area contributed by atoms with Gasteiger partial charge < -0.3 is 0 Å². The molecule has 0 amide bonds. The SMILES string of the molecule is O=C(Cn1c2cccccc-2c(-c2nn[nH]n2)c1=O)c1ccc(Cl)cc1. The van der Waals surface area contributed by atoms with E-state index in [9.17, 15) is 9.59 Å². The lowest BCUT2D eigenvalue weighted by atomic mass is 10.1. The van der Waals surface area contributed by atoms with E-state index in [2.05, 4.69) is 20.6 Å². The number of fused-ring (bicyclic) bond motifs is 1. The molecular weight excluding hydrogens is 354 g/mol. The van der Waals surface area contributed by atoms with Gasteiger partial charge >= 0.3 is 0 Å². The molecule has 4 rings (SSSR count). The fraction of sp³-hybridized carbons (Fsp3) is 0.0556. The highest BCUT2D eigenvalue weighted by Crippen LogP contribution is 2.29. The number of ketones is 1. The number of hydrogen-bond donors (Lipinski definition) is 1. The van der Waals surface area contributed by atoms with Crippen LogP contribution in [0.4, 0.5) is 0 Å². The molecule has 7 nitrogen and oxygen atoms in total. The smallest absolute Gasteiger partial charge is 0.263 e. The molecule has 0 saturated heterocycles. The zero-order chi connectivity index (χ0) is 18.1. The lowest BCUT2D eigenvalue weighted by Gasteiger charge is -2.05. The van der Waals surface area contributed by atoms with Crippen LogP contribution >= 0.6 is 11.6 Å². The van der Waals surface area contributed by atoms with Crippen LogP contribution in [-0.4, -0.2) is 31.0 Å². The number of aromatic amines is 1. The molecule has 1 aromatic heterocycles. The highest BCUT2D eigenvalue weighted by Gasteiger charge is 2.24. The number of nitrogens with zero attached hydrogens (tertiary/aromatic N) is 4. The predicted octanol–water partition coefficient (Wildman–Crippen LogP) is 2.67. The summed E-state index contributed by atoms with van der Waals surface area (Å²) in [5.74, 6) is 0.00530. The molecular formula is C18H12ClN5O2. The number of benzene rings is 1. The Bertz CT molecular complexity index is 1100. The van der Waals surface area contributed by atoms with Gasteiger partial charge in [-0.15, -0.1) is 10.2 Å². The first-order valence-electron chi connectivity index (χ1n) is 7.79. The molecule has 2 aliphatic rings. The maximum Gasteiger partial charge on any atom is 0.263 e. The maximum atomic E-state index is 13.0. The molecule has 0 unspecified atom stereocenters. The van der Waals surface area contributed by atoms with E-state index in [1.165, 1.54) is 4.57 Å². The molecule has 1 N–H and O–H groups in total. The van der Waals surface area contributed by atoms with E-state index < -0.39 is 0 Å². The predicted molar refractivity (Wildman–Crippen MR) is 96.3 cm³/mol. The Morgan fingerprint density at radius 2 is 1.85 bits per heavy atom. The van der Waals surface area contributed by atoms with Gasteiger partial charge in [-0.3, -0.25) is 14.2 Å². The van der Waals surface area contributed by atoms with Crippen LogP contribution in [0.3, 0.4) is 0 Å². The van der Waals surface area contributed by atoms with Gasteiger partial charge in [-0.2, -0.15) is 5.21 Å². The minimum Gasteiger partial charge on any atom is -0.300 e. The second kappa shape index (κ2) is 6.53. The number of Topliss-reactive ketones (excluding diaryl/α,β-unsaturated/α-hetero) is 1. The van der Waals surface area contributed by atoms with Crippen molar-refractivity contribution in [2.75, 3.05) is 0 Å². The van der Waals surface area contributed by atoms with Crippen molar-refractivity contribution < 1.29 is 4.79 Å². The minimum absolute atomic E-state index is 0.0984. The number of H-pyrrole nitrogens is 1. The molecule has 0 bridgehead atoms. The third kappa shape index (κ3) is 2.78. The van der Waals surface area contributed by atoms with Crippen LogP contribution in [0.2, 0.25) is 5.02 Å². The summed E-state index contributed by atoms with van der Waals surface area (Å²) in [6.45, 7) is -0.0984. The average Bonchev–Trinajstić information content (AvgIpc) is 3.16. The van der Waals surface area contributed by atoms with Crippen molar-refractivity contribution in [1.29, 1.82) is 0 Å². The van der Waals surface area contributed by atoms with Crippen LogP contribution in [0, 0.1) is 0 Å². The fourth-order valence-electron chi connectivity index (χ4n) is 2.86. The fourth-order valence-corrected chi connectivity index (χ4v) is 2.98. The molecule has 0 saturated carbocycles. The summed E-state index contributed by atoms with van der Waals surface area (Å²) < 4.78 is 1.43. The van der Waals surface area contributed by atoms with Crippen LogP contribution in [0.25, 0.3) is 22.6 Å². The first-order valence-corrected chi connectivity index (χ1v) is 8.17. The molecule has 2 aromatic rings. The summed E-state index contributed by atoms with van der Waals surface area (Å²) in [5, 5.41) is 14.3. The molecule has 26 heavy (non-hydrogen) atoms. The standard InChI is InChI=1S/C18H12ClN5O2/c19-12-8-6-11(7-9-12)15(25)10-24-14-5-3-1-2-4-13(14)16(18(24)26)17-20-22-23-21-17/h1-9H,10H2,(H,20,21,22,23). The normalized spacial score (nSPS) is 11.0. The average molecular weight is 366 g/mol. The van der Waals surface area contributed by atoms with Crippen molar-refractivity contribution in [3.63, 3.8) is 0 Å². The minimum atomic E-state index is -0.338. The summed E-state index contributed by atoms with van der Waals surface area (Å²) in [5.41, 5.74) is 1.74. The van der Waals surface area contributed by atoms with E-state index >= 15 is 0 Å². The Morgan fingerprint density at radius 3 is 2.58 bits per heavy atom. The van der Waals surface area contributed by atoms with Crippen molar-refractivity contribution in [2.24, 2.45) is 0 Å². The number of halogens is 1. The van der Waals surface area contributed by atoms with E-state index in [1.54, 1.807) is 36.4 Å². The lowest BCUT2D eigenvalue weighted by Crippen LogP contribution is -2.21. The number of nitrogens with one attached hydrogen (secondary N) is 1. The first-order chi connectivity index (χ1) is 12.6. The molecule has 0 radical (unpaired) electrons. The Morgan fingerprint density at radius 1 is 1.08 bits per heavy atom. The molecule has 1 aliphatic carbocycles. The molecule has 2 heterocycles. The Kier molecular flexibility index (Phi) is 4.06. The zero-order valence-corrected chi connectivity index (χ0v) is 14.1. The van der Waals surface area contributed by atoms with Gasteiger partial charge in [-0.05, 0) is 35.5 Å². The Hall–Kier alpha value is -3.32. The second-order valence-electron chi connectivity index (χ2n) is 5.64. The van der Waals surface area contributed by atoms with E-state index in [0.29, 0.717) is 27.4 Å². The second-order valence-corrected chi connectivity index (χ2v) is 6.08. The highest BCUT2D eigenvalue weighted by atomic mass is 35.5. The maximum absolute atomic E-state index is 13.0. The van der Waals surface area contributed by atoms with Gasteiger partial charge in [0.2, 0.25) is 5.82 Å². The molecule has 8 heteroatoms. The summed E-state index contributed by atoms with van der Waals surface area (Å²) in [4.78, 5) is 25.6. The summed E-state index contributed by atoms with van der Waals surface area (Å²) in [7, 11) is 0. The van der Waals surface area contributed by atoms with Gasteiger partial charge in [-0.1, -0.05) is 35.9 Å². The van der Waals surface area contributed by atoms with Crippen LogP contribution in [0.5, 0.6) is 0 Å². The van der Waals surface area contributed by atoms with Crippen LogP contribution in [0.15, 0.2) is 59.4 Å². The molecule has 0 fully saturated rings. The molecule has 128 valence electrons.